The number of hydrogen-bond donors (Lipinski definition) is 1. The molecule has 4 nitrogen and oxygen atoms in total. The minimum atomic E-state index is -0.317. The fourth-order valence-electron chi connectivity index (χ4n) is 2.79. The molecule has 140 valence electrons. The van der Waals surface area contributed by atoms with Crippen molar-refractivity contribution in [3.8, 4) is 11.5 Å². The summed E-state index contributed by atoms with van der Waals surface area (Å²) < 4.78 is 5.78. The van der Waals surface area contributed by atoms with Gasteiger partial charge in [0.1, 0.15) is 5.52 Å². The highest BCUT2D eigenvalue weighted by Gasteiger charge is 2.15. The highest BCUT2D eigenvalue weighted by atomic mass is 35.5. The van der Waals surface area contributed by atoms with Crippen LogP contribution in [0.25, 0.3) is 22.6 Å². The molecule has 1 aromatic heterocycles. The van der Waals surface area contributed by atoms with Gasteiger partial charge < -0.3 is 9.73 Å². The largest absolute Gasteiger partial charge is 0.436 e. The van der Waals surface area contributed by atoms with E-state index in [4.69, 9.17) is 39.2 Å². The van der Waals surface area contributed by atoms with Crippen LogP contribution in [0.2, 0.25) is 15.1 Å². The number of halogens is 3. The fourth-order valence-corrected chi connectivity index (χ4v) is 3.47. The van der Waals surface area contributed by atoms with Crippen LogP contribution in [0.15, 0.2) is 59.0 Å². The molecule has 7 heteroatoms. The molecule has 0 aliphatic heterocycles. The minimum Gasteiger partial charge on any atom is -0.436 e. The van der Waals surface area contributed by atoms with E-state index in [0.717, 1.165) is 5.56 Å². The number of aryl methyl sites for hydroxylation is 1. The standard InChI is InChI=1S/C21H13Cl3N2O2/c1-11-2-5-14(17(24)8-11)20(27)25-13-4-6-16(23)15(10-13)21-26-18-9-12(22)3-7-19(18)28-21/h2-10H,1H3,(H,25,27). The van der Waals surface area contributed by atoms with Crippen molar-refractivity contribution in [2.45, 2.75) is 6.92 Å². The van der Waals surface area contributed by atoms with E-state index in [2.05, 4.69) is 10.3 Å². The normalized spacial score (nSPS) is 11.0. The van der Waals surface area contributed by atoms with E-state index in [0.29, 0.717) is 48.9 Å². The van der Waals surface area contributed by atoms with E-state index < -0.39 is 0 Å². The summed E-state index contributed by atoms with van der Waals surface area (Å²) in [7, 11) is 0. The summed E-state index contributed by atoms with van der Waals surface area (Å²) in [5.74, 6) is 0.0225. The van der Waals surface area contributed by atoms with Crippen molar-refractivity contribution in [3.63, 3.8) is 0 Å². The SMILES string of the molecule is Cc1ccc(C(=O)Nc2ccc(Cl)c(-c3nc4cc(Cl)ccc4o3)c2)c(Cl)c1. The Labute approximate surface area is 176 Å². The van der Waals surface area contributed by atoms with Crippen molar-refractivity contribution in [1.29, 1.82) is 0 Å². The maximum absolute atomic E-state index is 12.6. The average Bonchev–Trinajstić information content (AvgIpc) is 3.06. The molecular weight excluding hydrogens is 419 g/mol. The lowest BCUT2D eigenvalue weighted by atomic mass is 10.1. The van der Waals surface area contributed by atoms with Gasteiger partial charge in [-0.25, -0.2) is 4.98 Å². The summed E-state index contributed by atoms with van der Waals surface area (Å²) in [6.07, 6.45) is 0. The summed E-state index contributed by atoms with van der Waals surface area (Å²) in [4.78, 5) is 17.0. The second-order valence-electron chi connectivity index (χ2n) is 6.26. The molecular formula is C21H13Cl3N2O2. The Balaban J connectivity index is 1.67. The first-order valence-corrected chi connectivity index (χ1v) is 9.47. The highest BCUT2D eigenvalue weighted by molar-refractivity contribution is 6.35. The zero-order valence-electron chi connectivity index (χ0n) is 14.6. The second-order valence-corrected chi connectivity index (χ2v) is 7.51. The zero-order valence-corrected chi connectivity index (χ0v) is 16.9. The van der Waals surface area contributed by atoms with Gasteiger partial charge in [-0.15, -0.1) is 0 Å². The molecule has 0 radical (unpaired) electrons. The molecule has 4 aromatic rings. The number of nitrogens with one attached hydrogen (secondary N) is 1. The number of carbonyl (C=O) groups is 1. The van der Waals surface area contributed by atoms with Crippen LogP contribution >= 0.6 is 34.8 Å². The van der Waals surface area contributed by atoms with Gasteiger partial charge in [-0.05, 0) is 61.0 Å². The lowest BCUT2D eigenvalue weighted by molar-refractivity contribution is 0.102. The predicted molar refractivity (Wildman–Crippen MR) is 114 cm³/mol. The lowest BCUT2D eigenvalue weighted by Gasteiger charge is -2.09. The Morgan fingerprint density at radius 1 is 0.964 bits per heavy atom. The van der Waals surface area contributed by atoms with Crippen LogP contribution in [-0.2, 0) is 0 Å². The molecule has 28 heavy (non-hydrogen) atoms. The maximum atomic E-state index is 12.6. The van der Waals surface area contributed by atoms with Crippen LogP contribution in [0.1, 0.15) is 15.9 Å². The third kappa shape index (κ3) is 3.72. The van der Waals surface area contributed by atoms with Crippen LogP contribution in [0, 0.1) is 6.92 Å². The second kappa shape index (κ2) is 7.47. The number of amides is 1. The number of aromatic nitrogens is 1. The quantitative estimate of drug-likeness (QED) is 0.379. The first kappa shape index (κ1) is 18.8. The van der Waals surface area contributed by atoms with E-state index >= 15 is 0 Å². The van der Waals surface area contributed by atoms with Gasteiger partial charge in [-0.2, -0.15) is 0 Å². The molecule has 0 aliphatic carbocycles. The Bertz CT molecular complexity index is 1220. The van der Waals surface area contributed by atoms with Gasteiger partial charge in [-0.3, -0.25) is 4.79 Å². The van der Waals surface area contributed by atoms with Crippen LogP contribution in [-0.4, -0.2) is 10.9 Å². The van der Waals surface area contributed by atoms with Gasteiger partial charge in [0.15, 0.2) is 5.58 Å². The van der Waals surface area contributed by atoms with E-state index in [1.54, 1.807) is 48.5 Å². The molecule has 1 N–H and O–H groups in total. The number of fused-ring (bicyclic) bond motifs is 1. The van der Waals surface area contributed by atoms with E-state index in [1.165, 1.54) is 0 Å². The van der Waals surface area contributed by atoms with Crippen LogP contribution in [0.3, 0.4) is 0 Å². The Morgan fingerprint density at radius 3 is 2.57 bits per heavy atom. The Hall–Kier alpha value is -2.53. The van der Waals surface area contributed by atoms with E-state index in [9.17, 15) is 4.79 Å². The van der Waals surface area contributed by atoms with Crippen LogP contribution in [0.4, 0.5) is 5.69 Å². The first-order chi connectivity index (χ1) is 13.4. The van der Waals surface area contributed by atoms with Crippen molar-refractivity contribution >= 4 is 57.5 Å². The summed E-state index contributed by atoms with van der Waals surface area (Å²) in [6.45, 7) is 1.91. The number of carbonyl (C=O) groups excluding carboxylic acids is 1. The van der Waals surface area contributed by atoms with Gasteiger partial charge >= 0.3 is 0 Å². The van der Waals surface area contributed by atoms with E-state index in [-0.39, 0.29) is 5.91 Å². The van der Waals surface area contributed by atoms with Gasteiger partial charge in [0.25, 0.3) is 5.91 Å². The molecule has 1 heterocycles. The molecule has 0 saturated carbocycles. The Kier molecular flexibility index (Phi) is 5.02. The molecule has 0 bridgehead atoms. The predicted octanol–water partition coefficient (Wildman–Crippen LogP) is 7.02. The topological polar surface area (TPSA) is 55.1 Å². The number of hydrogen-bond acceptors (Lipinski definition) is 3. The summed E-state index contributed by atoms with van der Waals surface area (Å²) in [6, 6.07) is 15.5. The molecule has 0 unspecified atom stereocenters. The molecule has 3 aromatic carbocycles. The van der Waals surface area contributed by atoms with Gasteiger partial charge in [0, 0.05) is 10.7 Å². The molecule has 0 saturated heterocycles. The summed E-state index contributed by atoms with van der Waals surface area (Å²) in [5, 5.41) is 4.23. The maximum Gasteiger partial charge on any atom is 0.257 e. The van der Waals surface area contributed by atoms with Gasteiger partial charge in [0.2, 0.25) is 5.89 Å². The summed E-state index contributed by atoms with van der Waals surface area (Å²) >= 11 is 18.5. The molecule has 0 fully saturated rings. The number of benzene rings is 3. The number of nitrogens with zero attached hydrogens (tertiary/aromatic N) is 1. The van der Waals surface area contributed by atoms with Crippen molar-refractivity contribution in [2.24, 2.45) is 0 Å². The highest BCUT2D eigenvalue weighted by Crippen LogP contribution is 2.33. The van der Waals surface area contributed by atoms with Crippen molar-refractivity contribution in [3.05, 3.63) is 80.8 Å². The number of oxazole rings is 1. The van der Waals surface area contributed by atoms with Crippen LogP contribution < -0.4 is 5.32 Å². The first-order valence-electron chi connectivity index (χ1n) is 8.34. The van der Waals surface area contributed by atoms with Gasteiger partial charge in [-0.1, -0.05) is 40.9 Å². The lowest BCUT2D eigenvalue weighted by Crippen LogP contribution is -2.12. The molecule has 1 amide bonds. The van der Waals surface area contributed by atoms with Crippen molar-refractivity contribution in [1.82, 2.24) is 4.98 Å². The monoisotopic (exact) mass is 430 g/mol. The van der Waals surface area contributed by atoms with Crippen molar-refractivity contribution < 1.29 is 9.21 Å². The zero-order chi connectivity index (χ0) is 19.8. The molecule has 0 atom stereocenters. The van der Waals surface area contributed by atoms with Gasteiger partial charge in [0.05, 0.1) is 21.2 Å². The molecule has 4 rings (SSSR count). The van der Waals surface area contributed by atoms with Crippen molar-refractivity contribution in [2.75, 3.05) is 5.32 Å². The number of rotatable bonds is 3. The Morgan fingerprint density at radius 2 is 1.79 bits per heavy atom. The van der Waals surface area contributed by atoms with E-state index in [1.807, 2.05) is 13.0 Å². The van der Waals surface area contributed by atoms with Crippen LogP contribution in [0.5, 0.6) is 0 Å². The number of anilines is 1. The fraction of sp³-hybridized carbons (Fsp3) is 0.0476. The smallest absolute Gasteiger partial charge is 0.257 e. The third-order valence-corrected chi connectivity index (χ3v) is 5.05. The molecule has 0 spiro atoms. The third-order valence-electron chi connectivity index (χ3n) is 4.17. The minimum absolute atomic E-state index is 0.317. The average molecular weight is 432 g/mol. The molecule has 0 aliphatic rings. The summed E-state index contributed by atoms with van der Waals surface area (Å²) in [5.41, 5.74) is 3.69.